The van der Waals surface area contributed by atoms with Crippen LogP contribution in [0.2, 0.25) is 0 Å². The maximum Gasteiger partial charge on any atom is 0.208 e. The van der Waals surface area contributed by atoms with E-state index in [-0.39, 0.29) is 0 Å². The zero-order valence-corrected chi connectivity index (χ0v) is 11.4. The molecule has 17 heavy (non-hydrogen) atoms. The van der Waals surface area contributed by atoms with Gasteiger partial charge < -0.3 is 0 Å². The van der Waals surface area contributed by atoms with Gasteiger partial charge in [0.2, 0.25) is 5.16 Å². The maximum absolute atomic E-state index is 9.15. The van der Waals surface area contributed by atoms with Crippen molar-refractivity contribution in [3.05, 3.63) is 5.82 Å². The van der Waals surface area contributed by atoms with E-state index in [1.165, 1.54) is 0 Å². The summed E-state index contributed by atoms with van der Waals surface area (Å²) in [6, 6.07) is 2.33. The molecule has 6 heteroatoms. The second kappa shape index (κ2) is 6.62. The minimum Gasteiger partial charge on any atom is -0.300 e. The van der Waals surface area contributed by atoms with Crippen molar-refractivity contribution in [2.75, 3.05) is 12.3 Å². The van der Waals surface area contributed by atoms with Crippen molar-refractivity contribution in [3.63, 3.8) is 0 Å². The fourth-order valence-corrected chi connectivity index (χ4v) is 2.32. The highest BCUT2D eigenvalue weighted by molar-refractivity contribution is 7.99. The molecule has 0 aliphatic rings. The highest BCUT2D eigenvalue weighted by atomic mass is 32.2. The number of aromatic nitrogens is 3. The Morgan fingerprint density at radius 1 is 1.59 bits per heavy atom. The smallest absolute Gasteiger partial charge is 0.208 e. The molecule has 0 aliphatic carbocycles. The summed E-state index contributed by atoms with van der Waals surface area (Å²) in [5.74, 6) is 1.65. The van der Waals surface area contributed by atoms with Gasteiger partial charge in [-0.25, -0.2) is 4.98 Å². The first-order chi connectivity index (χ1) is 8.09. The van der Waals surface area contributed by atoms with Gasteiger partial charge >= 0.3 is 0 Å². The minimum atomic E-state index is -0.450. The van der Waals surface area contributed by atoms with Crippen molar-refractivity contribution >= 4 is 11.8 Å². The van der Waals surface area contributed by atoms with Gasteiger partial charge in [0.15, 0.2) is 0 Å². The molecule has 0 saturated carbocycles. The molecule has 2 N–H and O–H groups in total. The largest absolute Gasteiger partial charge is 0.300 e. The molecule has 0 radical (unpaired) electrons. The SMILES string of the molecule is CCCNC(C)(C#N)CCSc1n[nH]c(C)n1. The molecule has 1 atom stereocenters. The van der Waals surface area contributed by atoms with Gasteiger partial charge in [-0.15, -0.1) is 5.10 Å². The Labute approximate surface area is 106 Å². The van der Waals surface area contributed by atoms with E-state index >= 15 is 0 Å². The highest BCUT2D eigenvalue weighted by Crippen LogP contribution is 2.18. The van der Waals surface area contributed by atoms with Gasteiger partial charge in [-0.1, -0.05) is 18.7 Å². The summed E-state index contributed by atoms with van der Waals surface area (Å²) in [6.07, 6.45) is 1.81. The Morgan fingerprint density at radius 2 is 2.35 bits per heavy atom. The first-order valence-electron chi connectivity index (χ1n) is 5.78. The molecular formula is C11H19N5S. The van der Waals surface area contributed by atoms with Gasteiger partial charge in [0.1, 0.15) is 11.4 Å². The lowest BCUT2D eigenvalue weighted by Crippen LogP contribution is -2.41. The molecule has 0 fully saturated rings. The van der Waals surface area contributed by atoms with E-state index < -0.39 is 5.54 Å². The minimum absolute atomic E-state index is 0.450. The first kappa shape index (κ1) is 14.0. The standard InChI is InChI=1S/C11H19N5S/c1-4-6-13-11(3,8-12)5-7-17-10-14-9(2)15-16-10/h13H,4-7H2,1-3H3,(H,14,15,16). The maximum atomic E-state index is 9.15. The topological polar surface area (TPSA) is 77.4 Å². The van der Waals surface area contributed by atoms with E-state index in [4.69, 9.17) is 5.26 Å². The van der Waals surface area contributed by atoms with Gasteiger partial charge in [0.25, 0.3) is 0 Å². The van der Waals surface area contributed by atoms with Crippen molar-refractivity contribution in [1.82, 2.24) is 20.5 Å². The summed E-state index contributed by atoms with van der Waals surface area (Å²) in [4.78, 5) is 4.21. The molecule has 0 aromatic carbocycles. The van der Waals surface area contributed by atoms with E-state index in [0.717, 1.165) is 36.1 Å². The third-order valence-corrected chi connectivity index (χ3v) is 3.27. The predicted molar refractivity (Wildman–Crippen MR) is 68.8 cm³/mol. The van der Waals surface area contributed by atoms with Crippen LogP contribution in [0.3, 0.4) is 0 Å². The predicted octanol–water partition coefficient (Wildman–Crippen LogP) is 1.88. The molecule has 0 aliphatic heterocycles. The van der Waals surface area contributed by atoms with Crippen LogP contribution >= 0.6 is 11.8 Å². The van der Waals surface area contributed by atoms with Crippen LogP contribution in [0.1, 0.15) is 32.5 Å². The lowest BCUT2D eigenvalue weighted by molar-refractivity contribution is 0.437. The Balaban J connectivity index is 2.35. The van der Waals surface area contributed by atoms with Crippen molar-refractivity contribution in [2.45, 2.75) is 44.3 Å². The summed E-state index contributed by atoms with van der Waals surface area (Å²) in [5, 5.41) is 20.0. The van der Waals surface area contributed by atoms with E-state index in [2.05, 4.69) is 33.5 Å². The molecule has 0 amide bonds. The van der Waals surface area contributed by atoms with Crippen LogP contribution in [0.4, 0.5) is 0 Å². The number of aromatic amines is 1. The molecule has 1 aromatic rings. The number of nitriles is 1. The summed E-state index contributed by atoms with van der Waals surface area (Å²) in [5.41, 5.74) is -0.450. The van der Waals surface area contributed by atoms with Crippen molar-refractivity contribution in [1.29, 1.82) is 5.26 Å². The number of hydrogen-bond donors (Lipinski definition) is 2. The second-order valence-electron chi connectivity index (χ2n) is 4.17. The summed E-state index contributed by atoms with van der Waals surface area (Å²) in [7, 11) is 0. The number of nitrogens with one attached hydrogen (secondary N) is 2. The molecule has 0 saturated heterocycles. The summed E-state index contributed by atoms with van der Waals surface area (Å²) < 4.78 is 0. The summed E-state index contributed by atoms with van der Waals surface area (Å²) >= 11 is 1.57. The number of hydrogen-bond acceptors (Lipinski definition) is 5. The van der Waals surface area contributed by atoms with Crippen molar-refractivity contribution in [2.24, 2.45) is 0 Å². The lowest BCUT2D eigenvalue weighted by Gasteiger charge is -2.22. The van der Waals surface area contributed by atoms with Crippen LogP contribution in [0.15, 0.2) is 5.16 Å². The molecular weight excluding hydrogens is 234 g/mol. The zero-order valence-electron chi connectivity index (χ0n) is 10.6. The Hall–Kier alpha value is -1.06. The van der Waals surface area contributed by atoms with Crippen LogP contribution in [0, 0.1) is 18.3 Å². The Morgan fingerprint density at radius 3 is 2.88 bits per heavy atom. The number of aryl methyl sites for hydroxylation is 1. The third-order valence-electron chi connectivity index (χ3n) is 2.42. The molecule has 1 heterocycles. The van der Waals surface area contributed by atoms with Crippen LogP contribution in [-0.2, 0) is 0 Å². The Bertz CT molecular complexity index is 383. The van der Waals surface area contributed by atoms with Crippen molar-refractivity contribution < 1.29 is 0 Å². The quantitative estimate of drug-likeness (QED) is 0.725. The zero-order chi connectivity index (χ0) is 12.7. The highest BCUT2D eigenvalue weighted by Gasteiger charge is 2.22. The van der Waals surface area contributed by atoms with E-state index in [0.29, 0.717) is 0 Å². The second-order valence-corrected chi connectivity index (χ2v) is 5.23. The number of H-pyrrole nitrogens is 1. The third kappa shape index (κ3) is 4.75. The van der Waals surface area contributed by atoms with Crippen molar-refractivity contribution in [3.8, 4) is 6.07 Å². The average Bonchev–Trinajstić information content (AvgIpc) is 2.72. The van der Waals surface area contributed by atoms with Gasteiger partial charge in [0.05, 0.1) is 6.07 Å². The molecule has 0 bridgehead atoms. The fourth-order valence-electron chi connectivity index (χ4n) is 1.32. The Kier molecular flexibility index (Phi) is 5.45. The van der Waals surface area contributed by atoms with Gasteiger partial charge in [-0.05, 0) is 33.2 Å². The van der Waals surface area contributed by atoms with Gasteiger partial charge in [-0.2, -0.15) is 5.26 Å². The van der Waals surface area contributed by atoms with E-state index in [1.807, 2.05) is 13.8 Å². The number of nitrogens with zero attached hydrogens (tertiary/aromatic N) is 3. The van der Waals surface area contributed by atoms with Crippen LogP contribution in [-0.4, -0.2) is 33.0 Å². The molecule has 5 nitrogen and oxygen atoms in total. The number of thioether (sulfide) groups is 1. The molecule has 94 valence electrons. The van der Waals surface area contributed by atoms with E-state index in [9.17, 15) is 0 Å². The van der Waals surface area contributed by atoms with Crippen LogP contribution in [0.5, 0.6) is 0 Å². The van der Waals surface area contributed by atoms with E-state index in [1.54, 1.807) is 11.8 Å². The normalized spacial score (nSPS) is 14.2. The molecule has 1 unspecified atom stereocenters. The molecule has 1 aromatic heterocycles. The fraction of sp³-hybridized carbons (Fsp3) is 0.727. The average molecular weight is 253 g/mol. The molecule has 1 rings (SSSR count). The monoisotopic (exact) mass is 253 g/mol. The van der Waals surface area contributed by atoms with Gasteiger partial charge in [-0.3, -0.25) is 10.4 Å². The molecule has 0 spiro atoms. The first-order valence-corrected chi connectivity index (χ1v) is 6.76. The van der Waals surface area contributed by atoms with Crippen LogP contribution in [0.25, 0.3) is 0 Å². The van der Waals surface area contributed by atoms with Gasteiger partial charge in [0, 0.05) is 5.75 Å². The lowest BCUT2D eigenvalue weighted by atomic mass is 10.0. The summed E-state index contributed by atoms with van der Waals surface area (Å²) in [6.45, 7) is 6.77. The van der Waals surface area contributed by atoms with Crippen LogP contribution < -0.4 is 5.32 Å². The number of rotatable bonds is 7.